The molecule has 37 heavy (non-hydrogen) atoms. The Morgan fingerprint density at radius 2 is 1.70 bits per heavy atom. The minimum absolute atomic E-state index is 0.0965. The third-order valence-electron chi connectivity index (χ3n) is 5.92. The van der Waals surface area contributed by atoms with Crippen LogP contribution >= 0.6 is 23.4 Å². The molecule has 0 aliphatic heterocycles. The zero-order valence-electron chi connectivity index (χ0n) is 21.5. The number of rotatable bonds is 12. The van der Waals surface area contributed by atoms with Crippen LogP contribution in [-0.2, 0) is 28.3 Å². The van der Waals surface area contributed by atoms with Crippen molar-refractivity contribution in [3.63, 3.8) is 0 Å². The third kappa shape index (κ3) is 8.90. The number of carbonyl (C=O) groups is 2. The molecule has 0 aliphatic carbocycles. The number of amides is 2. The normalized spacial score (nSPS) is 11.8. The van der Waals surface area contributed by atoms with Crippen LogP contribution in [0.2, 0.25) is 5.02 Å². The van der Waals surface area contributed by atoms with Crippen LogP contribution in [-0.4, -0.2) is 35.1 Å². The van der Waals surface area contributed by atoms with Crippen LogP contribution in [0.5, 0.6) is 0 Å². The van der Waals surface area contributed by atoms with Gasteiger partial charge in [0.2, 0.25) is 11.8 Å². The Morgan fingerprint density at radius 3 is 2.38 bits per heavy atom. The minimum atomic E-state index is -0.688. The van der Waals surface area contributed by atoms with E-state index < -0.39 is 6.04 Å². The van der Waals surface area contributed by atoms with E-state index in [0.29, 0.717) is 30.1 Å². The van der Waals surface area contributed by atoms with Gasteiger partial charge in [-0.05, 0) is 36.1 Å². The van der Waals surface area contributed by atoms with Gasteiger partial charge in [0.05, 0.1) is 5.75 Å². The number of benzene rings is 3. The summed E-state index contributed by atoms with van der Waals surface area (Å²) in [4.78, 5) is 28.8. The van der Waals surface area contributed by atoms with Gasteiger partial charge >= 0.3 is 0 Å². The van der Waals surface area contributed by atoms with Crippen molar-refractivity contribution >= 4 is 35.2 Å². The topological polar surface area (TPSA) is 49.4 Å². The smallest absolute Gasteiger partial charge is 0.243 e. The third-order valence-corrected chi connectivity index (χ3v) is 7.22. The lowest BCUT2D eigenvalue weighted by Crippen LogP contribution is -2.51. The molecule has 0 unspecified atom stereocenters. The Kier molecular flexibility index (Phi) is 11.0. The lowest BCUT2D eigenvalue weighted by Gasteiger charge is -2.32. The summed E-state index contributed by atoms with van der Waals surface area (Å²) in [5, 5.41) is 3.36. The monoisotopic (exact) mass is 540 g/mol. The molecule has 2 amide bonds. The van der Waals surface area contributed by atoms with E-state index in [-0.39, 0.29) is 35.1 Å². The average molecular weight is 541 g/mol. The quantitative estimate of drug-likeness (QED) is 0.288. The van der Waals surface area contributed by atoms with Crippen LogP contribution in [0.1, 0.15) is 36.1 Å². The van der Waals surface area contributed by atoms with E-state index in [1.54, 1.807) is 17.0 Å². The van der Waals surface area contributed by atoms with Gasteiger partial charge in [0, 0.05) is 35.8 Å². The highest BCUT2D eigenvalue weighted by Gasteiger charge is 2.30. The maximum absolute atomic E-state index is 14.2. The van der Waals surface area contributed by atoms with Crippen LogP contribution in [0.25, 0.3) is 0 Å². The zero-order valence-corrected chi connectivity index (χ0v) is 23.1. The molecule has 0 heterocycles. The number of aryl methyl sites for hydroxylation is 1. The Hall–Kier alpha value is -2.83. The molecule has 0 aromatic heterocycles. The van der Waals surface area contributed by atoms with Gasteiger partial charge in [-0.25, -0.2) is 4.39 Å². The number of thioether (sulfide) groups is 1. The van der Waals surface area contributed by atoms with E-state index in [9.17, 15) is 14.0 Å². The standard InChI is InChI=1S/C30H34ClFN2O2S/c1-21(2)17-33-30(36)28(16-23-10-5-4-6-11-23)34(18-24-12-7-9-22(3)15-24)29(35)20-37-19-25-26(31)13-8-14-27(25)32/h4-15,21,28H,16-20H2,1-3H3,(H,33,36)/t28-/m0/s1. The first-order valence-corrected chi connectivity index (χ1v) is 13.9. The van der Waals surface area contributed by atoms with Crippen molar-refractivity contribution in [3.8, 4) is 0 Å². The highest BCUT2D eigenvalue weighted by molar-refractivity contribution is 7.99. The summed E-state index contributed by atoms with van der Waals surface area (Å²) in [5.41, 5.74) is 3.38. The van der Waals surface area contributed by atoms with Gasteiger partial charge in [0.15, 0.2) is 0 Å². The van der Waals surface area contributed by atoms with E-state index in [4.69, 9.17) is 11.6 Å². The summed E-state index contributed by atoms with van der Waals surface area (Å²) in [6.07, 6.45) is 0.395. The lowest BCUT2D eigenvalue weighted by atomic mass is 10.0. The highest BCUT2D eigenvalue weighted by Crippen LogP contribution is 2.25. The molecule has 0 radical (unpaired) electrons. The van der Waals surface area contributed by atoms with Crippen LogP contribution in [0, 0.1) is 18.7 Å². The Bertz CT molecular complexity index is 1170. The fourth-order valence-electron chi connectivity index (χ4n) is 3.98. The molecular weight excluding hydrogens is 507 g/mol. The first-order chi connectivity index (χ1) is 17.7. The van der Waals surface area contributed by atoms with Crippen LogP contribution < -0.4 is 5.32 Å². The Balaban J connectivity index is 1.86. The van der Waals surface area contributed by atoms with Gasteiger partial charge in [-0.2, -0.15) is 0 Å². The summed E-state index contributed by atoms with van der Waals surface area (Å²) in [5.74, 6) is -0.111. The molecule has 3 rings (SSSR count). The summed E-state index contributed by atoms with van der Waals surface area (Å²) in [7, 11) is 0. The van der Waals surface area contributed by atoms with Crippen molar-refractivity contribution in [2.45, 2.75) is 45.5 Å². The lowest BCUT2D eigenvalue weighted by molar-refractivity contribution is -0.139. The number of halogens is 2. The van der Waals surface area contributed by atoms with Gasteiger partial charge < -0.3 is 10.2 Å². The summed E-state index contributed by atoms with van der Waals surface area (Å²) >= 11 is 7.46. The van der Waals surface area contributed by atoms with Crippen molar-refractivity contribution in [2.24, 2.45) is 5.92 Å². The molecule has 4 nitrogen and oxygen atoms in total. The van der Waals surface area contributed by atoms with E-state index >= 15 is 0 Å². The van der Waals surface area contributed by atoms with Crippen molar-refractivity contribution in [2.75, 3.05) is 12.3 Å². The molecule has 0 saturated heterocycles. The molecule has 196 valence electrons. The van der Waals surface area contributed by atoms with Crippen molar-refractivity contribution < 1.29 is 14.0 Å². The van der Waals surface area contributed by atoms with Crippen molar-refractivity contribution in [1.82, 2.24) is 10.2 Å². The SMILES string of the molecule is Cc1cccc(CN(C(=O)CSCc2c(F)cccc2Cl)[C@@H](Cc2ccccc2)C(=O)NCC(C)C)c1. The second-order valence-electron chi connectivity index (χ2n) is 9.55. The predicted molar refractivity (Wildman–Crippen MR) is 151 cm³/mol. The second kappa shape index (κ2) is 14.2. The largest absolute Gasteiger partial charge is 0.354 e. The van der Waals surface area contributed by atoms with E-state index in [0.717, 1.165) is 16.7 Å². The van der Waals surface area contributed by atoms with Crippen molar-refractivity contribution in [1.29, 1.82) is 0 Å². The Morgan fingerprint density at radius 1 is 1.00 bits per heavy atom. The molecule has 0 aliphatic rings. The van der Waals surface area contributed by atoms with Gasteiger partial charge in [0.1, 0.15) is 11.9 Å². The summed E-state index contributed by atoms with van der Waals surface area (Å²) < 4.78 is 14.2. The molecule has 0 spiro atoms. The first kappa shape index (κ1) is 28.7. The predicted octanol–water partition coefficient (Wildman–Crippen LogP) is 6.43. The zero-order chi connectivity index (χ0) is 26.8. The van der Waals surface area contributed by atoms with Crippen LogP contribution in [0.3, 0.4) is 0 Å². The van der Waals surface area contributed by atoms with Gasteiger partial charge in [0.25, 0.3) is 0 Å². The fourth-order valence-corrected chi connectivity index (χ4v) is 5.23. The molecule has 0 bridgehead atoms. The first-order valence-electron chi connectivity index (χ1n) is 12.4. The second-order valence-corrected chi connectivity index (χ2v) is 10.9. The number of hydrogen-bond acceptors (Lipinski definition) is 3. The summed E-state index contributed by atoms with van der Waals surface area (Å²) in [6.45, 7) is 6.89. The maximum atomic E-state index is 14.2. The minimum Gasteiger partial charge on any atom is -0.354 e. The molecule has 0 fully saturated rings. The number of nitrogens with one attached hydrogen (secondary N) is 1. The molecule has 1 N–H and O–H groups in total. The van der Waals surface area contributed by atoms with Gasteiger partial charge in [-0.1, -0.05) is 91.7 Å². The summed E-state index contributed by atoms with van der Waals surface area (Å²) in [6, 6.07) is 21.5. The van der Waals surface area contributed by atoms with E-state index in [1.807, 2.05) is 75.4 Å². The molecule has 3 aromatic rings. The molecule has 1 atom stereocenters. The van der Waals surface area contributed by atoms with Crippen LogP contribution in [0.4, 0.5) is 4.39 Å². The van der Waals surface area contributed by atoms with Crippen molar-refractivity contribution in [3.05, 3.63) is 106 Å². The van der Waals surface area contributed by atoms with Crippen LogP contribution in [0.15, 0.2) is 72.8 Å². The molecule has 3 aromatic carbocycles. The van der Waals surface area contributed by atoms with Gasteiger partial charge in [-0.15, -0.1) is 11.8 Å². The van der Waals surface area contributed by atoms with E-state index in [2.05, 4.69) is 5.32 Å². The molecular formula is C30H34ClFN2O2S. The van der Waals surface area contributed by atoms with E-state index in [1.165, 1.54) is 17.8 Å². The molecule has 0 saturated carbocycles. The number of carbonyl (C=O) groups excluding carboxylic acids is 2. The fraction of sp³-hybridized carbons (Fsp3) is 0.333. The molecule has 7 heteroatoms. The Labute approximate surface area is 228 Å². The number of hydrogen-bond donors (Lipinski definition) is 1. The highest BCUT2D eigenvalue weighted by atomic mass is 35.5. The average Bonchev–Trinajstić information content (AvgIpc) is 2.87. The number of nitrogens with zero attached hydrogens (tertiary/aromatic N) is 1. The van der Waals surface area contributed by atoms with Gasteiger partial charge in [-0.3, -0.25) is 9.59 Å². The maximum Gasteiger partial charge on any atom is 0.243 e.